The molecule has 3 aromatic rings. The summed E-state index contributed by atoms with van der Waals surface area (Å²) in [5, 5.41) is 2.16. The van der Waals surface area contributed by atoms with Crippen LogP contribution in [0.1, 0.15) is 16.9 Å². The average molecular weight is 468 g/mol. The third-order valence-corrected chi connectivity index (χ3v) is 5.92. The number of furan rings is 1. The molecule has 1 N–H and O–H groups in total. The van der Waals surface area contributed by atoms with E-state index in [1.807, 2.05) is 32.0 Å². The Balaban J connectivity index is 1.48. The number of para-hydroxylation sites is 1. The Hall–Kier alpha value is -3.72. The van der Waals surface area contributed by atoms with E-state index in [0.29, 0.717) is 17.4 Å². The molecule has 1 aliphatic heterocycles. The van der Waals surface area contributed by atoms with Gasteiger partial charge in [-0.15, -0.1) is 0 Å². The molecule has 1 saturated heterocycles. The average Bonchev–Trinajstić information content (AvgIpc) is 3.31. The van der Waals surface area contributed by atoms with Gasteiger partial charge >= 0.3 is 0 Å². The van der Waals surface area contributed by atoms with E-state index < -0.39 is 35.2 Å². The Bertz CT molecular complexity index is 1300. The summed E-state index contributed by atoms with van der Waals surface area (Å²) in [6, 6.07) is 11.6. The number of hydrogen-bond acceptors (Lipinski definition) is 5. The van der Waals surface area contributed by atoms with Gasteiger partial charge in [0.25, 0.3) is 11.1 Å². The maximum absolute atomic E-state index is 14.0. The zero-order valence-electron chi connectivity index (χ0n) is 17.6. The predicted molar refractivity (Wildman–Crippen MR) is 121 cm³/mol. The van der Waals surface area contributed by atoms with Gasteiger partial charge < -0.3 is 9.73 Å². The van der Waals surface area contributed by atoms with Crippen LogP contribution in [0.25, 0.3) is 17.4 Å². The van der Waals surface area contributed by atoms with Gasteiger partial charge in [-0.1, -0.05) is 18.2 Å². The van der Waals surface area contributed by atoms with Crippen LogP contribution in [-0.2, 0) is 9.59 Å². The second-order valence-corrected chi connectivity index (χ2v) is 8.40. The molecule has 6 nitrogen and oxygen atoms in total. The maximum atomic E-state index is 14.0. The van der Waals surface area contributed by atoms with Gasteiger partial charge in [-0.2, -0.15) is 0 Å². The van der Waals surface area contributed by atoms with Crippen molar-refractivity contribution >= 4 is 40.6 Å². The first-order chi connectivity index (χ1) is 15.7. The van der Waals surface area contributed by atoms with Crippen LogP contribution in [0.3, 0.4) is 0 Å². The number of imide groups is 1. The molecule has 3 amide bonds. The number of halogens is 2. The number of nitrogens with zero attached hydrogens (tertiary/aromatic N) is 1. The Morgan fingerprint density at radius 3 is 2.52 bits per heavy atom. The molecule has 1 aliphatic rings. The highest BCUT2D eigenvalue weighted by Crippen LogP contribution is 2.34. The molecule has 33 heavy (non-hydrogen) atoms. The van der Waals surface area contributed by atoms with Crippen molar-refractivity contribution in [1.82, 2.24) is 4.90 Å². The van der Waals surface area contributed by atoms with Crippen molar-refractivity contribution < 1.29 is 27.6 Å². The van der Waals surface area contributed by atoms with Gasteiger partial charge in [0, 0.05) is 17.8 Å². The van der Waals surface area contributed by atoms with E-state index in [0.717, 1.165) is 28.2 Å². The minimum Gasteiger partial charge on any atom is -0.457 e. The van der Waals surface area contributed by atoms with E-state index in [-0.39, 0.29) is 22.0 Å². The fourth-order valence-electron chi connectivity index (χ4n) is 3.36. The molecule has 0 saturated carbocycles. The molecule has 4 rings (SSSR count). The normalized spacial score (nSPS) is 14.9. The molecule has 2 heterocycles. The number of aryl methyl sites for hydroxylation is 2. The summed E-state index contributed by atoms with van der Waals surface area (Å²) in [5.41, 5.74) is 2.43. The number of anilines is 1. The molecule has 0 atom stereocenters. The van der Waals surface area contributed by atoms with Crippen molar-refractivity contribution in [2.75, 3.05) is 11.9 Å². The summed E-state index contributed by atoms with van der Waals surface area (Å²) in [6.07, 6.45) is 1.35. The molecular weight excluding hydrogens is 450 g/mol. The number of nitrogens with one attached hydrogen (secondary N) is 1. The van der Waals surface area contributed by atoms with Gasteiger partial charge in [-0.3, -0.25) is 19.3 Å². The Kier molecular flexibility index (Phi) is 6.15. The van der Waals surface area contributed by atoms with Crippen LogP contribution in [0.15, 0.2) is 57.9 Å². The van der Waals surface area contributed by atoms with Gasteiger partial charge in [0.1, 0.15) is 29.7 Å². The third-order valence-electron chi connectivity index (χ3n) is 5.02. The molecule has 0 radical (unpaired) electrons. The molecular formula is C24H18F2N2O4S. The first kappa shape index (κ1) is 22.5. The zero-order valence-corrected chi connectivity index (χ0v) is 18.5. The fraction of sp³-hybridized carbons (Fsp3) is 0.125. The van der Waals surface area contributed by atoms with E-state index in [9.17, 15) is 23.2 Å². The van der Waals surface area contributed by atoms with Crippen LogP contribution in [0.4, 0.5) is 19.3 Å². The van der Waals surface area contributed by atoms with Crippen LogP contribution in [0.2, 0.25) is 0 Å². The Morgan fingerprint density at radius 1 is 1.09 bits per heavy atom. The first-order valence-corrected chi connectivity index (χ1v) is 10.7. The largest absolute Gasteiger partial charge is 0.457 e. The standard InChI is InChI=1S/C24H18F2N2O4S/c1-13-4-3-5-14(2)22(13)27-21(29)12-28-23(30)20(33-24(28)31)11-16-7-9-19(32-16)17-8-6-15(25)10-18(17)26/h3-11H,12H2,1-2H3,(H,27,29)/b20-11+. The van der Waals surface area contributed by atoms with Gasteiger partial charge in [-0.05, 0) is 61.0 Å². The zero-order chi connectivity index (χ0) is 23.7. The summed E-state index contributed by atoms with van der Waals surface area (Å²) in [4.78, 5) is 38.4. The first-order valence-electron chi connectivity index (χ1n) is 9.89. The SMILES string of the molecule is Cc1cccc(C)c1NC(=O)CN1C(=O)S/C(=C/c2ccc(-c3ccc(F)cc3F)o2)C1=O. The van der Waals surface area contributed by atoms with Crippen LogP contribution < -0.4 is 5.32 Å². The maximum Gasteiger partial charge on any atom is 0.294 e. The summed E-state index contributed by atoms with van der Waals surface area (Å²) >= 11 is 0.676. The molecule has 1 aromatic heterocycles. The van der Waals surface area contributed by atoms with Crippen molar-refractivity contribution in [2.24, 2.45) is 0 Å². The number of benzene rings is 2. The predicted octanol–water partition coefficient (Wildman–Crippen LogP) is 5.52. The number of rotatable bonds is 5. The Labute approximate surface area is 192 Å². The minimum absolute atomic E-state index is 0.0623. The lowest BCUT2D eigenvalue weighted by Gasteiger charge is -2.15. The highest BCUT2D eigenvalue weighted by Gasteiger charge is 2.36. The smallest absolute Gasteiger partial charge is 0.294 e. The fourth-order valence-corrected chi connectivity index (χ4v) is 4.18. The van der Waals surface area contributed by atoms with Crippen LogP contribution in [0.5, 0.6) is 0 Å². The highest BCUT2D eigenvalue weighted by atomic mass is 32.2. The molecule has 9 heteroatoms. The van der Waals surface area contributed by atoms with Crippen molar-refractivity contribution in [3.8, 4) is 11.3 Å². The van der Waals surface area contributed by atoms with Crippen molar-refractivity contribution in [2.45, 2.75) is 13.8 Å². The van der Waals surface area contributed by atoms with Gasteiger partial charge in [0.2, 0.25) is 5.91 Å². The third kappa shape index (κ3) is 4.73. The van der Waals surface area contributed by atoms with E-state index in [1.54, 1.807) is 0 Å². The van der Waals surface area contributed by atoms with E-state index in [2.05, 4.69) is 5.32 Å². The summed E-state index contributed by atoms with van der Waals surface area (Å²) in [6.45, 7) is 3.27. The lowest BCUT2D eigenvalue weighted by Crippen LogP contribution is -2.36. The quantitative estimate of drug-likeness (QED) is 0.499. The van der Waals surface area contributed by atoms with Gasteiger partial charge in [-0.25, -0.2) is 8.78 Å². The molecule has 1 fully saturated rings. The summed E-state index contributed by atoms with van der Waals surface area (Å²) in [7, 11) is 0. The number of carbonyl (C=O) groups is 3. The number of amides is 3. The molecule has 0 spiro atoms. The second-order valence-electron chi connectivity index (χ2n) is 7.41. The molecule has 168 valence electrons. The van der Waals surface area contributed by atoms with Gasteiger partial charge in [0.15, 0.2) is 0 Å². The molecule has 0 bridgehead atoms. The van der Waals surface area contributed by atoms with E-state index >= 15 is 0 Å². The lowest BCUT2D eigenvalue weighted by atomic mass is 10.1. The van der Waals surface area contributed by atoms with Crippen LogP contribution >= 0.6 is 11.8 Å². The number of hydrogen-bond donors (Lipinski definition) is 1. The second kappa shape index (κ2) is 9.03. The van der Waals surface area contributed by atoms with Crippen molar-refractivity contribution in [3.63, 3.8) is 0 Å². The van der Waals surface area contributed by atoms with Crippen LogP contribution in [0, 0.1) is 25.5 Å². The molecule has 0 aliphatic carbocycles. The minimum atomic E-state index is -0.786. The molecule has 0 unspecified atom stereocenters. The lowest BCUT2D eigenvalue weighted by molar-refractivity contribution is -0.127. The molecule has 2 aromatic carbocycles. The van der Waals surface area contributed by atoms with Crippen molar-refractivity contribution in [1.29, 1.82) is 0 Å². The summed E-state index contributed by atoms with van der Waals surface area (Å²) in [5.74, 6) is -2.27. The van der Waals surface area contributed by atoms with E-state index in [4.69, 9.17) is 4.42 Å². The number of carbonyl (C=O) groups excluding carboxylic acids is 3. The van der Waals surface area contributed by atoms with Crippen molar-refractivity contribution in [3.05, 3.63) is 82.0 Å². The summed E-state index contributed by atoms with van der Waals surface area (Å²) < 4.78 is 32.6. The highest BCUT2D eigenvalue weighted by molar-refractivity contribution is 8.18. The topological polar surface area (TPSA) is 79.6 Å². The number of thioether (sulfide) groups is 1. The van der Waals surface area contributed by atoms with Crippen LogP contribution in [-0.4, -0.2) is 28.5 Å². The monoisotopic (exact) mass is 468 g/mol. The van der Waals surface area contributed by atoms with E-state index in [1.165, 1.54) is 24.3 Å². The van der Waals surface area contributed by atoms with Gasteiger partial charge in [0.05, 0.1) is 10.5 Å². The Morgan fingerprint density at radius 2 is 1.82 bits per heavy atom.